The van der Waals surface area contributed by atoms with Crippen LogP contribution in [0.2, 0.25) is 0 Å². The van der Waals surface area contributed by atoms with Crippen molar-refractivity contribution in [1.82, 2.24) is 15.5 Å². The summed E-state index contributed by atoms with van der Waals surface area (Å²) >= 11 is 0. The van der Waals surface area contributed by atoms with Crippen molar-refractivity contribution in [3.8, 4) is 0 Å². The summed E-state index contributed by atoms with van der Waals surface area (Å²) in [6, 6.07) is 9.07. The van der Waals surface area contributed by atoms with Gasteiger partial charge >= 0.3 is 0 Å². The van der Waals surface area contributed by atoms with Crippen LogP contribution in [0.4, 0.5) is 0 Å². The van der Waals surface area contributed by atoms with E-state index in [1.54, 1.807) is 0 Å². The maximum Gasteiger partial charge on any atom is 0.191 e. The first kappa shape index (κ1) is 25.2. The zero-order chi connectivity index (χ0) is 19.7. The highest BCUT2D eigenvalue weighted by Gasteiger charge is 2.19. The van der Waals surface area contributed by atoms with Crippen molar-refractivity contribution in [3.05, 3.63) is 35.4 Å². The Balaban J connectivity index is 0.00000392. The minimum atomic E-state index is -0.118. The fourth-order valence-electron chi connectivity index (χ4n) is 3.32. The molecule has 0 radical (unpaired) electrons. The number of benzene rings is 1. The van der Waals surface area contributed by atoms with Gasteiger partial charge in [-0.05, 0) is 57.7 Å². The highest BCUT2D eigenvalue weighted by molar-refractivity contribution is 14.0. The Morgan fingerprint density at radius 1 is 1.21 bits per heavy atom. The number of likely N-dealkylation sites (tertiary alicyclic amines) is 1. The molecule has 1 fully saturated rings. The SMILES string of the molecule is CCCN1CCC(NC(=NC)NCc2cccc(COC(C)(C)C)c2)CC1.I. The summed E-state index contributed by atoms with van der Waals surface area (Å²) in [6.07, 6.45) is 3.60. The molecule has 1 aromatic rings. The number of nitrogens with one attached hydrogen (secondary N) is 2. The first-order valence-electron chi connectivity index (χ1n) is 10.3. The van der Waals surface area contributed by atoms with Gasteiger partial charge in [-0.3, -0.25) is 4.99 Å². The molecule has 0 atom stereocenters. The van der Waals surface area contributed by atoms with Crippen LogP contribution in [0, 0.1) is 0 Å². The molecule has 5 nitrogen and oxygen atoms in total. The summed E-state index contributed by atoms with van der Waals surface area (Å²) in [5, 5.41) is 7.04. The van der Waals surface area contributed by atoms with Crippen molar-refractivity contribution in [3.63, 3.8) is 0 Å². The molecule has 0 saturated carbocycles. The Labute approximate surface area is 188 Å². The van der Waals surface area contributed by atoms with Crippen LogP contribution in [0.3, 0.4) is 0 Å². The Hall–Kier alpha value is -0.860. The van der Waals surface area contributed by atoms with Crippen molar-refractivity contribution in [1.29, 1.82) is 0 Å². The van der Waals surface area contributed by atoms with E-state index in [4.69, 9.17) is 4.74 Å². The van der Waals surface area contributed by atoms with E-state index in [2.05, 4.69) is 72.5 Å². The molecule has 2 rings (SSSR count). The van der Waals surface area contributed by atoms with Crippen LogP contribution < -0.4 is 10.6 Å². The van der Waals surface area contributed by atoms with Gasteiger partial charge in [-0.25, -0.2) is 0 Å². The van der Waals surface area contributed by atoms with E-state index in [0.29, 0.717) is 12.6 Å². The monoisotopic (exact) mass is 502 g/mol. The third-order valence-corrected chi connectivity index (χ3v) is 4.82. The van der Waals surface area contributed by atoms with Crippen LogP contribution in [0.15, 0.2) is 29.3 Å². The van der Waals surface area contributed by atoms with Crippen molar-refractivity contribution in [2.75, 3.05) is 26.7 Å². The molecular weight excluding hydrogens is 463 g/mol. The van der Waals surface area contributed by atoms with E-state index in [1.807, 2.05) is 7.05 Å². The molecule has 0 amide bonds. The lowest BCUT2D eigenvalue weighted by molar-refractivity contribution is -0.0149. The number of hydrogen-bond donors (Lipinski definition) is 2. The first-order valence-corrected chi connectivity index (χ1v) is 10.3. The molecule has 1 heterocycles. The fourth-order valence-corrected chi connectivity index (χ4v) is 3.32. The molecule has 28 heavy (non-hydrogen) atoms. The van der Waals surface area contributed by atoms with Crippen molar-refractivity contribution in [2.45, 2.75) is 71.8 Å². The van der Waals surface area contributed by atoms with Gasteiger partial charge in [0.2, 0.25) is 0 Å². The molecule has 1 saturated heterocycles. The van der Waals surface area contributed by atoms with Crippen LogP contribution in [0.1, 0.15) is 58.1 Å². The average molecular weight is 502 g/mol. The van der Waals surface area contributed by atoms with Gasteiger partial charge in [0.05, 0.1) is 12.2 Å². The zero-order valence-electron chi connectivity index (χ0n) is 18.3. The zero-order valence-corrected chi connectivity index (χ0v) is 20.6. The minimum Gasteiger partial charge on any atom is -0.371 e. The molecule has 0 spiro atoms. The molecule has 0 unspecified atom stereocenters. The number of piperidine rings is 1. The number of aliphatic imine (C=N–C) groups is 1. The van der Waals surface area contributed by atoms with Gasteiger partial charge in [-0.1, -0.05) is 31.2 Å². The van der Waals surface area contributed by atoms with Crippen molar-refractivity contribution in [2.24, 2.45) is 4.99 Å². The number of rotatable bonds is 7. The molecule has 0 aliphatic carbocycles. The van der Waals surface area contributed by atoms with Crippen LogP contribution >= 0.6 is 24.0 Å². The van der Waals surface area contributed by atoms with E-state index in [0.717, 1.165) is 12.5 Å². The second kappa shape index (κ2) is 12.6. The Bertz CT molecular complexity index is 592. The lowest BCUT2D eigenvalue weighted by Gasteiger charge is -2.32. The largest absolute Gasteiger partial charge is 0.371 e. The molecule has 0 bridgehead atoms. The average Bonchev–Trinajstić information content (AvgIpc) is 2.65. The van der Waals surface area contributed by atoms with Crippen molar-refractivity contribution < 1.29 is 4.74 Å². The smallest absolute Gasteiger partial charge is 0.191 e. The summed E-state index contributed by atoms with van der Waals surface area (Å²) in [6.45, 7) is 13.5. The van der Waals surface area contributed by atoms with Gasteiger partial charge in [0.1, 0.15) is 0 Å². The molecule has 1 aromatic carbocycles. The highest BCUT2D eigenvalue weighted by Crippen LogP contribution is 2.13. The summed E-state index contributed by atoms with van der Waals surface area (Å²) in [5.74, 6) is 0.889. The number of guanidine groups is 1. The lowest BCUT2D eigenvalue weighted by Crippen LogP contribution is -2.48. The normalized spacial score (nSPS) is 16.5. The van der Waals surface area contributed by atoms with Crippen LogP contribution in [-0.4, -0.2) is 49.2 Å². The highest BCUT2D eigenvalue weighted by atomic mass is 127. The predicted octanol–water partition coefficient (Wildman–Crippen LogP) is 4.16. The standard InChI is InChI=1S/C22H38N4O.HI/c1-6-12-26-13-10-20(11-14-26)25-21(23-5)24-16-18-8-7-9-19(15-18)17-27-22(2,3)4;/h7-9,15,20H,6,10-14,16-17H2,1-5H3,(H2,23,24,25);1H. The predicted molar refractivity (Wildman–Crippen MR) is 129 cm³/mol. The molecule has 160 valence electrons. The van der Waals surface area contributed by atoms with Gasteiger partial charge in [0, 0.05) is 32.7 Å². The van der Waals surface area contributed by atoms with Gasteiger partial charge < -0.3 is 20.3 Å². The quantitative estimate of drug-likeness (QED) is 0.334. The summed E-state index contributed by atoms with van der Waals surface area (Å²) in [7, 11) is 1.84. The molecule has 1 aliphatic rings. The Morgan fingerprint density at radius 3 is 2.50 bits per heavy atom. The molecule has 2 N–H and O–H groups in total. The third-order valence-electron chi connectivity index (χ3n) is 4.82. The maximum absolute atomic E-state index is 5.88. The number of hydrogen-bond acceptors (Lipinski definition) is 3. The number of ether oxygens (including phenoxy) is 1. The van der Waals surface area contributed by atoms with Crippen LogP contribution in [-0.2, 0) is 17.9 Å². The Kier molecular flexibility index (Phi) is 11.4. The van der Waals surface area contributed by atoms with Crippen LogP contribution in [0.25, 0.3) is 0 Å². The maximum atomic E-state index is 5.88. The first-order chi connectivity index (χ1) is 12.9. The summed E-state index contributed by atoms with van der Waals surface area (Å²) < 4.78 is 5.88. The topological polar surface area (TPSA) is 48.9 Å². The second-order valence-electron chi connectivity index (χ2n) is 8.41. The number of nitrogens with zero attached hydrogens (tertiary/aromatic N) is 2. The van der Waals surface area contributed by atoms with Gasteiger partial charge in [0.15, 0.2) is 5.96 Å². The minimum absolute atomic E-state index is 0. The molecule has 6 heteroatoms. The lowest BCUT2D eigenvalue weighted by atomic mass is 10.1. The van der Waals surface area contributed by atoms with E-state index in [1.165, 1.54) is 50.0 Å². The van der Waals surface area contributed by atoms with E-state index in [-0.39, 0.29) is 29.6 Å². The molecular formula is C22H39IN4O. The third kappa shape index (κ3) is 9.56. The van der Waals surface area contributed by atoms with Gasteiger partial charge in [-0.2, -0.15) is 0 Å². The van der Waals surface area contributed by atoms with E-state index >= 15 is 0 Å². The molecule has 1 aliphatic heterocycles. The molecule has 0 aromatic heterocycles. The summed E-state index contributed by atoms with van der Waals surface area (Å²) in [4.78, 5) is 6.95. The van der Waals surface area contributed by atoms with Gasteiger partial charge in [-0.15, -0.1) is 24.0 Å². The number of halogens is 1. The van der Waals surface area contributed by atoms with Gasteiger partial charge in [0.25, 0.3) is 0 Å². The fraction of sp³-hybridized carbons (Fsp3) is 0.682. The van der Waals surface area contributed by atoms with E-state index < -0.39 is 0 Å². The van der Waals surface area contributed by atoms with Crippen LogP contribution in [0.5, 0.6) is 0 Å². The van der Waals surface area contributed by atoms with Crippen molar-refractivity contribution >= 4 is 29.9 Å². The summed E-state index contributed by atoms with van der Waals surface area (Å²) in [5.41, 5.74) is 2.33. The van der Waals surface area contributed by atoms with E-state index in [9.17, 15) is 0 Å². The second-order valence-corrected chi connectivity index (χ2v) is 8.41. The Morgan fingerprint density at radius 2 is 1.89 bits per heavy atom.